The average molecular weight is 394 g/mol. The summed E-state index contributed by atoms with van der Waals surface area (Å²) in [4.78, 5) is 2.60. The second-order valence-electron chi connectivity index (χ2n) is 10.8. The van der Waals surface area contributed by atoms with E-state index in [2.05, 4.69) is 69.0 Å². The lowest BCUT2D eigenvalue weighted by Crippen LogP contribution is -2.32. The second kappa shape index (κ2) is 8.68. The second-order valence-corrected chi connectivity index (χ2v) is 10.8. The van der Waals surface area contributed by atoms with Gasteiger partial charge in [0.15, 0.2) is 0 Å². The van der Waals surface area contributed by atoms with Crippen LogP contribution in [0.4, 0.5) is 0 Å². The molecule has 1 aliphatic carbocycles. The monoisotopic (exact) mass is 393 g/mol. The summed E-state index contributed by atoms with van der Waals surface area (Å²) in [6.45, 7) is 13.1. The molecule has 0 atom stereocenters. The van der Waals surface area contributed by atoms with E-state index in [1.165, 1.54) is 68.0 Å². The van der Waals surface area contributed by atoms with Crippen molar-refractivity contribution in [2.45, 2.75) is 78.9 Å². The number of hydrogen-bond acceptors (Lipinski definition) is 2. The van der Waals surface area contributed by atoms with E-state index in [4.69, 9.17) is 4.74 Å². The summed E-state index contributed by atoms with van der Waals surface area (Å²) in [7, 11) is 0. The van der Waals surface area contributed by atoms with Gasteiger partial charge in [-0.2, -0.15) is 0 Å². The van der Waals surface area contributed by atoms with Gasteiger partial charge in [-0.1, -0.05) is 45.9 Å². The molecule has 2 fully saturated rings. The van der Waals surface area contributed by atoms with Crippen LogP contribution >= 0.6 is 0 Å². The predicted octanol–water partition coefficient (Wildman–Crippen LogP) is 7.06. The van der Waals surface area contributed by atoms with Gasteiger partial charge in [0.2, 0.25) is 0 Å². The smallest absolute Gasteiger partial charge is 0.120 e. The van der Waals surface area contributed by atoms with Crippen molar-refractivity contribution < 1.29 is 4.74 Å². The zero-order valence-electron chi connectivity index (χ0n) is 18.9. The lowest BCUT2D eigenvalue weighted by atomic mass is 9.72. The van der Waals surface area contributed by atoms with Crippen LogP contribution in [0.5, 0.6) is 5.75 Å². The zero-order chi connectivity index (χ0) is 20.4. The SMILES string of the molecule is CC1CCN(Cc2ccc3cc(OC4CCC(C(C)(C)C)CC4)ccc3c2)CC1. The molecule has 0 spiro atoms. The zero-order valence-corrected chi connectivity index (χ0v) is 18.9. The first-order valence-corrected chi connectivity index (χ1v) is 11.8. The van der Waals surface area contributed by atoms with Crippen molar-refractivity contribution in [1.29, 1.82) is 0 Å². The van der Waals surface area contributed by atoms with Crippen molar-refractivity contribution in [2.75, 3.05) is 13.1 Å². The standard InChI is InChI=1S/C27H39NO/c1-20-13-15-28(16-14-20)19-21-5-6-23-18-26(10-7-22(23)17-21)29-25-11-8-24(9-12-25)27(2,3)4/h5-7,10,17-18,20,24-25H,8-9,11-16,19H2,1-4H3. The number of benzene rings is 2. The fourth-order valence-corrected chi connectivity index (χ4v) is 5.16. The summed E-state index contributed by atoms with van der Waals surface area (Å²) >= 11 is 0. The van der Waals surface area contributed by atoms with Gasteiger partial charge in [0.1, 0.15) is 5.75 Å². The van der Waals surface area contributed by atoms with Crippen LogP contribution in [-0.2, 0) is 6.54 Å². The van der Waals surface area contributed by atoms with E-state index < -0.39 is 0 Å². The van der Waals surface area contributed by atoms with Gasteiger partial charge < -0.3 is 4.74 Å². The molecular weight excluding hydrogens is 354 g/mol. The Hall–Kier alpha value is -1.54. The summed E-state index contributed by atoms with van der Waals surface area (Å²) in [5, 5.41) is 2.62. The number of fused-ring (bicyclic) bond motifs is 1. The average Bonchev–Trinajstić information content (AvgIpc) is 2.69. The minimum atomic E-state index is 0.381. The first kappa shape index (κ1) is 20.7. The third-order valence-electron chi connectivity index (χ3n) is 7.36. The van der Waals surface area contributed by atoms with Gasteiger partial charge in [-0.15, -0.1) is 0 Å². The Morgan fingerprint density at radius 1 is 0.862 bits per heavy atom. The molecule has 0 unspecified atom stereocenters. The maximum atomic E-state index is 6.38. The Bertz CT molecular complexity index is 805. The van der Waals surface area contributed by atoms with Gasteiger partial charge in [-0.3, -0.25) is 4.90 Å². The molecule has 2 aliphatic rings. The fraction of sp³-hybridized carbons (Fsp3) is 0.630. The normalized spacial score (nSPS) is 24.7. The van der Waals surface area contributed by atoms with Crippen molar-refractivity contribution in [3.05, 3.63) is 42.0 Å². The molecule has 0 bridgehead atoms. The lowest BCUT2D eigenvalue weighted by molar-refractivity contribution is 0.0883. The highest BCUT2D eigenvalue weighted by Crippen LogP contribution is 2.39. The van der Waals surface area contributed by atoms with Gasteiger partial charge >= 0.3 is 0 Å². The van der Waals surface area contributed by atoms with Crippen LogP contribution in [0.2, 0.25) is 0 Å². The highest BCUT2D eigenvalue weighted by Gasteiger charge is 2.30. The maximum Gasteiger partial charge on any atom is 0.120 e. The van der Waals surface area contributed by atoms with Gasteiger partial charge in [0, 0.05) is 6.54 Å². The highest BCUT2D eigenvalue weighted by molar-refractivity contribution is 5.84. The van der Waals surface area contributed by atoms with E-state index >= 15 is 0 Å². The van der Waals surface area contributed by atoms with E-state index in [-0.39, 0.29) is 0 Å². The predicted molar refractivity (Wildman–Crippen MR) is 123 cm³/mol. The van der Waals surface area contributed by atoms with E-state index in [0.29, 0.717) is 11.5 Å². The quantitative estimate of drug-likeness (QED) is 0.551. The van der Waals surface area contributed by atoms with Crippen LogP contribution in [-0.4, -0.2) is 24.1 Å². The Morgan fingerprint density at radius 3 is 2.21 bits per heavy atom. The minimum absolute atomic E-state index is 0.381. The number of ether oxygens (including phenoxy) is 1. The molecule has 1 aliphatic heterocycles. The highest BCUT2D eigenvalue weighted by atomic mass is 16.5. The van der Waals surface area contributed by atoms with E-state index in [1.807, 2.05) is 0 Å². The van der Waals surface area contributed by atoms with Crippen LogP contribution in [0.1, 0.15) is 71.8 Å². The van der Waals surface area contributed by atoms with Crippen LogP contribution in [0.15, 0.2) is 36.4 Å². The van der Waals surface area contributed by atoms with Gasteiger partial charge in [0.25, 0.3) is 0 Å². The molecule has 1 saturated carbocycles. The number of piperidine rings is 1. The molecule has 2 heteroatoms. The summed E-state index contributed by atoms with van der Waals surface area (Å²) in [5.74, 6) is 2.76. The van der Waals surface area contributed by atoms with Crippen molar-refractivity contribution >= 4 is 10.8 Å². The molecule has 4 rings (SSSR count). The number of hydrogen-bond donors (Lipinski definition) is 0. The van der Waals surface area contributed by atoms with Gasteiger partial charge in [0.05, 0.1) is 6.10 Å². The Balaban J connectivity index is 1.36. The largest absolute Gasteiger partial charge is 0.490 e. The van der Waals surface area contributed by atoms with Crippen LogP contribution in [0, 0.1) is 17.3 Å². The van der Waals surface area contributed by atoms with Crippen molar-refractivity contribution in [2.24, 2.45) is 17.3 Å². The maximum absolute atomic E-state index is 6.38. The molecule has 1 saturated heterocycles. The molecule has 1 heterocycles. The van der Waals surface area contributed by atoms with E-state index in [1.54, 1.807) is 0 Å². The molecule has 0 N–H and O–H groups in total. The Labute approximate surface area is 177 Å². The van der Waals surface area contributed by atoms with E-state index in [9.17, 15) is 0 Å². The number of nitrogens with zero attached hydrogens (tertiary/aromatic N) is 1. The Morgan fingerprint density at radius 2 is 1.52 bits per heavy atom. The van der Waals surface area contributed by atoms with Crippen molar-refractivity contribution in [3.63, 3.8) is 0 Å². The minimum Gasteiger partial charge on any atom is -0.490 e. The van der Waals surface area contributed by atoms with E-state index in [0.717, 1.165) is 24.1 Å². The molecule has 0 amide bonds. The molecule has 0 aromatic heterocycles. The molecular formula is C27H39NO. The van der Waals surface area contributed by atoms with Crippen molar-refractivity contribution in [1.82, 2.24) is 4.90 Å². The first-order valence-electron chi connectivity index (χ1n) is 11.8. The summed E-state index contributed by atoms with van der Waals surface area (Å²) in [6.07, 6.45) is 8.02. The lowest BCUT2D eigenvalue weighted by Gasteiger charge is -2.37. The topological polar surface area (TPSA) is 12.5 Å². The number of likely N-dealkylation sites (tertiary alicyclic amines) is 1. The van der Waals surface area contributed by atoms with Crippen molar-refractivity contribution in [3.8, 4) is 5.75 Å². The molecule has 2 aromatic carbocycles. The first-order chi connectivity index (χ1) is 13.9. The number of rotatable bonds is 4. The van der Waals surface area contributed by atoms with Crippen LogP contribution < -0.4 is 4.74 Å². The van der Waals surface area contributed by atoms with Crippen LogP contribution in [0.25, 0.3) is 10.8 Å². The molecule has 0 radical (unpaired) electrons. The fourth-order valence-electron chi connectivity index (χ4n) is 5.16. The summed E-state index contributed by atoms with van der Waals surface area (Å²) < 4.78 is 6.38. The molecule has 29 heavy (non-hydrogen) atoms. The summed E-state index contributed by atoms with van der Waals surface area (Å²) in [5.41, 5.74) is 1.86. The summed E-state index contributed by atoms with van der Waals surface area (Å²) in [6, 6.07) is 13.6. The van der Waals surface area contributed by atoms with Crippen LogP contribution in [0.3, 0.4) is 0 Å². The third-order valence-corrected chi connectivity index (χ3v) is 7.36. The van der Waals surface area contributed by atoms with Gasteiger partial charge in [-0.05, 0) is 103 Å². The molecule has 158 valence electrons. The van der Waals surface area contributed by atoms with Gasteiger partial charge in [-0.25, -0.2) is 0 Å². The third kappa shape index (κ3) is 5.34. The Kier molecular flexibility index (Phi) is 6.20. The molecule has 2 nitrogen and oxygen atoms in total. The molecule has 2 aromatic rings.